The van der Waals surface area contributed by atoms with Crippen LogP contribution in [0.3, 0.4) is 0 Å². The molecule has 1 aromatic carbocycles. The van der Waals surface area contributed by atoms with Crippen molar-refractivity contribution in [2.45, 2.75) is 51.9 Å². The number of guanidine groups is 1. The predicted octanol–water partition coefficient (Wildman–Crippen LogP) is 4.10. The van der Waals surface area contributed by atoms with Gasteiger partial charge in [-0.2, -0.15) is 0 Å². The number of rotatable bonds is 3. The summed E-state index contributed by atoms with van der Waals surface area (Å²) in [6.07, 6.45) is 8.93. The zero-order valence-corrected chi connectivity index (χ0v) is 15.2. The Kier molecular flexibility index (Phi) is 5.52. The van der Waals surface area contributed by atoms with Crippen LogP contribution in [0.15, 0.2) is 23.2 Å². The first-order valence-corrected chi connectivity index (χ1v) is 7.83. The summed E-state index contributed by atoms with van der Waals surface area (Å²) in [4.78, 5) is 4.55. The molecule has 0 heterocycles. The number of nitrogens with zero attached hydrogens (tertiary/aromatic N) is 1. The predicted molar refractivity (Wildman–Crippen MR) is 101 cm³/mol. The highest BCUT2D eigenvalue weighted by Gasteiger charge is 2.28. The van der Waals surface area contributed by atoms with Gasteiger partial charge in [0.15, 0.2) is 5.96 Å². The summed E-state index contributed by atoms with van der Waals surface area (Å²) < 4.78 is 0. The van der Waals surface area contributed by atoms with E-state index in [-0.39, 0.29) is 24.0 Å². The summed E-state index contributed by atoms with van der Waals surface area (Å²) in [7, 11) is 0. The topological polar surface area (TPSA) is 50.4 Å². The number of benzene rings is 1. The standard InChI is InChI=1S/C17H25N3.HI/c1-17(9-2-3-10-17)12-19-16(18)20-15-8-7-13-5-4-6-14(13)11-15;/h7-8,11H,2-6,9-10,12H2,1H3,(H3,18,19,20);1H. The minimum atomic E-state index is 0. The number of aryl methyl sites for hydroxylation is 2. The van der Waals surface area contributed by atoms with E-state index in [4.69, 9.17) is 5.73 Å². The van der Waals surface area contributed by atoms with Gasteiger partial charge in [-0.15, -0.1) is 24.0 Å². The lowest BCUT2D eigenvalue weighted by Crippen LogP contribution is -2.25. The van der Waals surface area contributed by atoms with Crippen LogP contribution in [0.25, 0.3) is 0 Å². The van der Waals surface area contributed by atoms with Crippen molar-refractivity contribution in [2.75, 3.05) is 11.9 Å². The summed E-state index contributed by atoms with van der Waals surface area (Å²) in [5.41, 5.74) is 10.4. The van der Waals surface area contributed by atoms with E-state index in [0.29, 0.717) is 11.4 Å². The number of hydrogen-bond acceptors (Lipinski definition) is 1. The maximum atomic E-state index is 6.03. The lowest BCUT2D eigenvalue weighted by Gasteiger charge is -2.20. The molecule has 0 amide bonds. The van der Waals surface area contributed by atoms with Gasteiger partial charge in [0, 0.05) is 12.2 Å². The van der Waals surface area contributed by atoms with Gasteiger partial charge < -0.3 is 11.1 Å². The van der Waals surface area contributed by atoms with E-state index in [1.165, 1.54) is 56.1 Å². The Labute approximate surface area is 144 Å². The normalized spacial score (nSPS) is 20.0. The van der Waals surface area contributed by atoms with Crippen LogP contribution in [-0.4, -0.2) is 12.5 Å². The molecular formula is C17H26IN3. The van der Waals surface area contributed by atoms with Crippen molar-refractivity contribution < 1.29 is 0 Å². The van der Waals surface area contributed by atoms with Gasteiger partial charge in [0.2, 0.25) is 0 Å². The van der Waals surface area contributed by atoms with Crippen molar-refractivity contribution in [2.24, 2.45) is 16.1 Å². The Hall–Kier alpha value is -0.780. The molecule has 21 heavy (non-hydrogen) atoms. The number of fused-ring (bicyclic) bond motifs is 1. The van der Waals surface area contributed by atoms with Gasteiger partial charge in [-0.1, -0.05) is 25.8 Å². The zero-order valence-electron chi connectivity index (χ0n) is 12.8. The molecule has 0 aromatic heterocycles. The van der Waals surface area contributed by atoms with E-state index >= 15 is 0 Å². The molecule has 0 bridgehead atoms. The van der Waals surface area contributed by atoms with Crippen molar-refractivity contribution in [3.63, 3.8) is 0 Å². The molecule has 3 rings (SSSR count). The molecule has 1 saturated carbocycles. The SMILES string of the molecule is CC1(CN=C(N)Nc2ccc3c(c2)CCC3)CCCC1.I. The molecule has 1 fully saturated rings. The number of nitrogens with two attached hydrogens (primary N) is 1. The van der Waals surface area contributed by atoms with Crippen molar-refractivity contribution in [3.05, 3.63) is 29.3 Å². The van der Waals surface area contributed by atoms with E-state index in [1.807, 2.05) is 0 Å². The maximum Gasteiger partial charge on any atom is 0.193 e. The van der Waals surface area contributed by atoms with E-state index in [0.717, 1.165) is 12.2 Å². The van der Waals surface area contributed by atoms with Crippen LogP contribution in [0, 0.1) is 5.41 Å². The highest BCUT2D eigenvalue weighted by molar-refractivity contribution is 14.0. The molecule has 0 saturated heterocycles. The van der Waals surface area contributed by atoms with E-state index in [1.54, 1.807) is 0 Å². The first-order valence-electron chi connectivity index (χ1n) is 7.83. The number of hydrogen-bond donors (Lipinski definition) is 2. The summed E-state index contributed by atoms with van der Waals surface area (Å²) in [5.74, 6) is 0.552. The largest absolute Gasteiger partial charge is 0.370 e. The minimum Gasteiger partial charge on any atom is -0.370 e. The van der Waals surface area contributed by atoms with Crippen molar-refractivity contribution >= 4 is 35.6 Å². The molecular weight excluding hydrogens is 373 g/mol. The lowest BCUT2D eigenvalue weighted by molar-refractivity contribution is 0.351. The molecule has 3 N–H and O–H groups in total. The first kappa shape index (κ1) is 16.6. The fourth-order valence-corrected chi connectivity index (χ4v) is 3.50. The van der Waals surface area contributed by atoms with E-state index in [2.05, 4.69) is 35.4 Å². The van der Waals surface area contributed by atoms with Gasteiger partial charge in [0.25, 0.3) is 0 Å². The van der Waals surface area contributed by atoms with Gasteiger partial charge in [0.05, 0.1) is 0 Å². The molecule has 2 aliphatic rings. The molecule has 116 valence electrons. The molecule has 4 heteroatoms. The van der Waals surface area contributed by atoms with Crippen molar-refractivity contribution in [3.8, 4) is 0 Å². The van der Waals surface area contributed by atoms with E-state index < -0.39 is 0 Å². The fraction of sp³-hybridized carbons (Fsp3) is 0.588. The Morgan fingerprint density at radius 1 is 1.19 bits per heavy atom. The van der Waals surface area contributed by atoms with Gasteiger partial charge in [0.1, 0.15) is 0 Å². The summed E-state index contributed by atoms with van der Waals surface area (Å²) in [6.45, 7) is 3.17. The van der Waals surface area contributed by atoms with Crippen LogP contribution >= 0.6 is 24.0 Å². The van der Waals surface area contributed by atoms with Crippen LogP contribution in [-0.2, 0) is 12.8 Å². The quantitative estimate of drug-likeness (QED) is 0.457. The number of halogens is 1. The molecule has 0 spiro atoms. The third-order valence-corrected chi connectivity index (χ3v) is 4.81. The highest BCUT2D eigenvalue weighted by atomic mass is 127. The van der Waals surface area contributed by atoms with Crippen LogP contribution in [0.1, 0.15) is 50.2 Å². The number of aliphatic imine (C=N–C) groups is 1. The summed E-state index contributed by atoms with van der Waals surface area (Å²) in [5, 5.41) is 3.24. The molecule has 0 radical (unpaired) electrons. The molecule has 0 aliphatic heterocycles. The minimum absolute atomic E-state index is 0. The van der Waals surface area contributed by atoms with Gasteiger partial charge in [-0.05, 0) is 60.8 Å². The Bertz CT molecular complexity index is 519. The first-order chi connectivity index (χ1) is 9.65. The third kappa shape index (κ3) is 4.11. The van der Waals surface area contributed by atoms with Gasteiger partial charge >= 0.3 is 0 Å². The Morgan fingerprint density at radius 3 is 2.67 bits per heavy atom. The monoisotopic (exact) mass is 399 g/mol. The van der Waals surface area contributed by atoms with Crippen LogP contribution < -0.4 is 11.1 Å². The van der Waals surface area contributed by atoms with Crippen LogP contribution in [0.2, 0.25) is 0 Å². The van der Waals surface area contributed by atoms with E-state index in [9.17, 15) is 0 Å². The maximum absolute atomic E-state index is 6.03. The van der Waals surface area contributed by atoms with Crippen LogP contribution in [0.4, 0.5) is 5.69 Å². The van der Waals surface area contributed by atoms with Gasteiger partial charge in [-0.3, -0.25) is 4.99 Å². The summed E-state index contributed by atoms with van der Waals surface area (Å²) in [6, 6.07) is 6.56. The average molecular weight is 399 g/mol. The van der Waals surface area contributed by atoms with Gasteiger partial charge in [-0.25, -0.2) is 0 Å². The molecule has 1 aromatic rings. The fourth-order valence-electron chi connectivity index (χ4n) is 3.50. The Balaban J connectivity index is 0.00000161. The number of nitrogens with one attached hydrogen (secondary N) is 1. The smallest absolute Gasteiger partial charge is 0.193 e. The Morgan fingerprint density at radius 2 is 1.90 bits per heavy atom. The average Bonchev–Trinajstić information content (AvgIpc) is 3.05. The number of anilines is 1. The molecule has 0 atom stereocenters. The summed E-state index contributed by atoms with van der Waals surface area (Å²) >= 11 is 0. The van der Waals surface area contributed by atoms with Crippen LogP contribution in [0.5, 0.6) is 0 Å². The second-order valence-electron chi connectivity index (χ2n) is 6.68. The third-order valence-electron chi connectivity index (χ3n) is 4.81. The highest BCUT2D eigenvalue weighted by Crippen LogP contribution is 2.37. The molecule has 3 nitrogen and oxygen atoms in total. The second kappa shape index (κ2) is 6.99. The molecule has 2 aliphatic carbocycles. The second-order valence-corrected chi connectivity index (χ2v) is 6.68. The lowest BCUT2D eigenvalue weighted by atomic mass is 9.89. The van der Waals surface area contributed by atoms with Crippen molar-refractivity contribution in [1.82, 2.24) is 0 Å². The van der Waals surface area contributed by atoms with Crippen molar-refractivity contribution in [1.29, 1.82) is 0 Å². The zero-order chi connectivity index (χ0) is 14.0. The molecule has 0 unspecified atom stereocenters.